The Morgan fingerprint density at radius 1 is 1.67 bits per heavy atom. The Morgan fingerprint density at radius 2 is 2.22 bits per heavy atom. The molecule has 0 amide bonds. The molecule has 0 aromatic heterocycles. The van der Waals surface area contributed by atoms with Crippen molar-refractivity contribution in [3.63, 3.8) is 0 Å². The summed E-state index contributed by atoms with van der Waals surface area (Å²) in [5.74, 6) is 0.720. The molecule has 0 bridgehead atoms. The molecule has 1 N–H and O–H groups in total. The predicted octanol–water partition coefficient (Wildman–Crippen LogP) is 2.16. The minimum atomic E-state index is 0.720. The summed E-state index contributed by atoms with van der Waals surface area (Å²) in [6.45, 7) is 6.60. The van der Waals surface area contributed by atoms with Crippen LogP contribution in [0.5, 0.6) is 0 Å². The van der Waals surface area contributed by atoms with E-state index in [1.165, 1.54) is 12.0 Å². The Balaban J connectivity index is 3.70. The topological polar surface area (TPSA) is 12.0 Å². The van der Waals surface area contributed by atoms with Crippen LogP contribution in [0.25, 0.3) is 0 Å². The van der Waals surface area contributed by atoms with Crippen molar-refractivity contribution in [2.75, 3.05) is 7.05 Å². The van der Waals surface area contributed by atoms with Gasteiger partial charge in [0.25, 0.3) is 0 Å². The molecule has 0 saturated carbocycles. The quantitative estimate of drug-likeness (QED) is 0.612. The Labute approximate surface area is 58.2 Å². The molecule has 54 valence electrons. The Bertz CT molecular complexity index is 94.7. The predicted molar refractivity (Wildman–Crippen MR) is 42.3 cm³/mol. The maximum atomic E-state index is 3.02. The number of nitrogens with one attached hydrogen (secondary N) is 1. The van der Waals surface area contributed by atoms with Gasteiger partial charge >= 0.3 is 0 Å². The number of hydrogen-bond acceptors (Lipinski definition) is 1. The van der Waals surface area contributed by atoms with Gasteiger partial charge in [0.2, 0.25) is 0 Å². The standard InChI is InChI=1S/C8H17N/c1-5-7(2)8(3)6-9-4/h6-7,9H,5H2,1-4H3/b8-6-/t7-/m0/s1. The molecule has 0 aliphatic carbocycles. The van der Waals surface area contributed by atoms with Gasteiger partial charge in [-0.25, -0.2) is 0 Å². The van der Waals surface area contributed by atoms with E-state index < -0.39 is 0 Å². The fourth-order valence-electron chi connectivity index (χ4n) is 0.692. The van der Waals surface area contributed by atoms with Gasteiger partial charge in [-0.15, -0.1) is 0 Å². The Kier molecular flexibility index (Phi) is 4.20. The van der Waals surface area contributed by atoms with E-state index in [1.54, 1.807) is 0 Å². The van der Waals surface area contributed by atoms with Crippen LogP contribution in [-0.2, 0) is 0 Å². The van der Waals surface area contributed by atoms with Crippen LogP contribution < -0.4 is 5.32 Å². The summed E-state index contributed by atoms with van der Waals surface area (Å²) in [6.07, 6.45) is 3.29. The lowest BCUT2D eigenvalue weighted by atomic mass is 10.0. The molecular weight excluding hydrogens is 110 g/mol. The molecule has 1 heteroatoms. The number of allylic oxidation sites excluding steroid dienone is 1. The Morgan fingerprint density at radius 3 is 2.56 bits per heavy atom. The lowest BCUT2D eigenvalue weighted by Gasteiger charge is -2.07. The summed E-state index contributed by atoms with van der Waals surface area (Å²) >= 11 is 0. The fourth-order valence-corrected chi connectivity index (χ4v) is 0.692. The maximum Gasteiger partial charge on any atom is 0.00276 e. The van der Waals surface area contributed by atoms with E-state index >= 15 is 0 Å². The second-order valence-electron chi connectivity index (χ2n) is 2.49. The highest BCUT2D eigenvalue weighted by molar-refractivity contribution is 4.99. The smallest absolute Gasteiger partial charge is 0.00276 e. The van der Waals surface area contributed by atoms with E-state index in [-0.39, 0.29) is 0 Å². The van der Waals surface area contributed by atoms with Crippen LogP contribution in [0, 0.1) is 5.92 Å². The third-order valence-corrected chi connectivity index (χ3v) is 1.76. The fraction of sp³-hybridized carbons (Fsp3) is 0.750. The highest BCUT2D eigenvalue weighted by Crippen LogP contribution is 2.11. The van der Waals surface area contributed by atoms with Crippen molar-refractivity contribution in [1.82, 2.24) is 5.32 Å². The molecule has 0 radical (unpaired) electrons. The Hall–Kier alpha value is -0.460. The van der Waals surface area contributed by atoms with Gasteiger partial charge in [0.05, 0.1) is 0 Å². The SMILES string of the molecule is CC[C@H](C)/C(C)=C\NC. The van der Waals surface area contributed by atoms with Crippen molar-refractivity contribution in [2.45, 2.75) is 27.2 Å². The second kappa shape index (κ2) is 4.42. The van der Waals surface area contributed by atoms with Gasteiger partial charge in [-0.2, -0.15) is 0 Å². The van der Waals surface area contributed by atoms with Gasteiger partial charge in [-0.3, -0.25) is 0 Å². The van der Waals surface area contributed by atoms with Crippen LogP contribution in [-0.4, -0.2) is 7.05 Å². The molecule has 0 unspecified atom stereocenters. The van der Waals surface area contributed by atoms with Gasteiger partial charge in [0, 0.05) is 7.05 Å². The maximum absolute atomic E-state index is 3.02. The summed E-state index contributed by atoms with van der Waals surface area (Å²) in [4.78, 5) is 0. The van der Waals surface area contributed by atoms with E-state index in [4.69, 9.17) is 0 Å². The molecular formula is C8H17N. The number of rotatable bonds is 3. The largest absolute Gasteiger partial charge is 0.394 e. The second-order valence-corrected chi connectivity index (χ2v) is 2.49. The molecule has 0 saturated heterocycles. The molecule has 0 heterocycles. The van der Waals surface area contributed by atoms with E-state index in [0.717, 1.165) is 5.92 Å². The van der Waals surface area contributed by atoms with E-state index in [9.17, 15) is 0 Å². The lowest BCUT2D eigenvalue weighted by Crippen LogP contribution is -2.00. The van der Waals surface area contributed by atoms with Gasteiger partial charge in [-0.1, -0.05) is 19.4 Å². The first-order valence-electron chi connectivity index (χ1n) is 3.56. The van der Waals surface area contributed by atoms with Gasteiger partial charge < -0.3 is 5.32 Å². The zero-order chi connectivity index (χ0) is 7.28. The lowest BCUT2D eigenvalue weighted by molar-refractivity contribution is 0.650. The molecule has 0 spiro atoms. The van der Waals surface area contributed by atoms with Gasteiger partial charge in [0.15, 0.2) is 0 Å². The van der Waals surface area contributed by atoms with E-state index in [2.05, 4.69) is 32.3 Å². The first-order chi connectivity index (χ1) is 4.22. The summed E-state index contributed by atoms with van der Waals surface area (Å²) in [5, 5.41) is 3.02. The molecule has 1 atom stereocenters. The van der Waals surface area contributed by atoms with Crippen LogP contribution in [0.2, 0.25) is 0 Å². The normalized spacial score (nSPS) is 15.3. The summed E-state index contributed by atoms with van der Waals surface area (Å²) < 4.78 is 0. The zero-order valence-corrected chi connectivity index (χ0v) is 6.86. The number of hydrogen-bond donors (Lipinski definition) is 1. The van der Waals surface area contributed by atoms with Crippen molar-refractivity contribution in [2.24, 2.45) is 5.92 Å². The van der Waals surface area contributed by atoms with Gasteiger partial charge in [0.1, 0.15) is 0 Å². The minimum absolute atomic E-state index is 0.720. The molecule has 0 fully saturated rings. The van der Waals surface area contributed by atoms with Crippen LogP contribution in [0.4, 0.5) is 0 Å². The highest BCUT2D eigenvalue weighted by atomic mass is 14.8. The average Bonchev–Trinajstić information content (AvgIpc) is 1.87. The van der Waals surface area contributed by atoms with Gasteiger partial charge in [-0.05, 0) is 25.5 Å². The van der Waals surface area contributed by atoms with Crippen molar-refractivity contribution < 1.29 is 0 Å². The van der Waals surface area contributed by atoms with Crippen molar-refractivity contribution >= 4 is 0 Å². The molecule has 9 heavy (non-hydrogen) atoms. The third kappa shape index (κ3) is 3.17. The summed E-state index contributed by atoms with van der Waals surface area (Å²) in [7, 11) is 1.94. The van der Waals surface area contributed by atoms with E-state index in [0.29, 0.717) is 0 Å². The summed E-state index contributed by atoms with van der Waals surface area (Å²) in [5.41, 5.74) is 1.43. The van der Waals surface area contributed by atoms with Crippen molar-refractivity contribution in [1.29, 1.82) is 0 Å². The highest BCUT2D eigenvalue weighted by Gasteiger charge is 1.97. The van der Waals surface area contributed by atoms with Crippen LogP contribution in [0.3, 0.4) is 0 Å². The van der Waals surface area contributed by atoms with Crippen LogP contribution in [0.1, 0.15) is 27.2 Å². The molecule has 0 aromatic rings. The first-order valence-corrected chi connectivity index (χ1v) is 3.56. The first kappa shape index (κ1) is 8.54. The van der Waals surface area contributed by atoms with E-state index in [1.807, 2.05) is 7.05 Å². The zero-order valence-electron chi connectivity index (χ0n) is 6.86. The molecule has 0 aliphatic rings. The third-order valence-electron chi connectivity index (χ3n) is 1.76. The van der Waals surface area contributed by atoms with Crippen LogP contribution >= 0.6 is 0 Å². The van der Waals surface area contributed by atoms with Crippen molar-refractivity contribution in [3.8, 4) is 0 Å². The average molecular weight is 127 g/mol. The van der Waals surface area contributed by atoms with Crippen molar-refractivity contribution in [3.05, 3.63) is 11.8 Å². The van der Waals surface area contributed by atoms with Crippen LogP contribution in [0.15, 0.2) is 11.8 Å². The molecule has 1 nitrogen and oxygen atoms in total. The molecule has 0 aromatic carbocycles. The summed E-state index contributed by atoms with van der Waals surface area (Å²) in [6, 6.07) is 0. The molecule has 0 rings (SSSR count). The minimum Gasteiger partial charge on any atom is -0.394 e. The monoisotopic (exact) mass is 127 g/mol. The molecule has 0 aliphatic heterocycles.